The summed E-state index contributed by atoms with van der Waals surface area (Å²) in [5, 5.41) is 0. The van der Waals surface area contributed by atoms with E-state index in [-0.39, 0.29) is 5.91 Å². The Morgan fingerprint density at radius 3 is 2.44 bits per heavy atom. The van der Waals surface area contributed by atoms with E-state index < -0.39 is 5.41 Å². The lowest BCUT2D eigenvalue weighted by molar-refractivity contribution is -0.130. The fourth-order valence-corrected chi connectivity index (χ4v) is 1.16. The maximum Gasteiger partial charge on any atom is 0.242 e. The van der Waals surface area contributed by atoms with Gasteiger partial charge < -0.3 is 4.74 Å². The molecular formula is C12H18N2O2. The second kappa shape index (κ2) is 4.99. The lowest BCUT2D eigenvalue weighted by Crippen LogP contribution is -2.44. The van der Waals surface area contributed by atoms with Crippen LogP contribution in [0.3, 0.4) is 0 Å². The van der Waals surface area contributed by atoms with Gasteiger partial charge in [0, 0.05) is 0 Å². The standard InChI is InChI=1S/C12H18N2O2/c1-9-4-6-10(7-5-9)16-8-12(2,3)11(15)14-13/h4-7H,8,13H2,1-3H3,(H,14,15). The largest absolute Gasteiger partial charge is 0.492 e. The Morgan fingerprint density at radius 2 is 1.94 bits per heavy atom. The zero-order chi connectivity index (χ0) is 12.2. The number of nitrogens with two attached hydrogens (primary N) is 1. The van der Waals surface area contributed by atoms with Crippen molar-refractivity contribution in [2.75, 3.05) is 6.61 Å². The Morgan fingerprint density at radius 1 is 1.38 bits per heavy atom. The second-order valence-electron chi connectivity index (χ2n) is 4.46. The van der Waals surface area contributed by atoms with Gasteiger partial charge in [-0.05, 0) is 32.9 Å². The molecule has 0 heterocycles. The van der Waals surface area contributed by atoms with Crippen LogP contribution in [0.1, 0.15) is 19.4 Å². The third-order valence-electron chi connectivity index (χ3n) is 2.37. The summed E-state index contributed by atoms with van der Waals surface area (Å²) < 4.78 is 5.53. The number of aryl methyl sites for hydroxylation is 1. The monoisotopic (exact) mass is 222 g/mol. The molecule has 0 aliphatic carbocycles. The number of hydrogen-bond donors (Lipinski definition) is 2. The molecule has 0 spiro atoms. The van der Waals surface area contributed by atoms with Gasteiger partial charge in [0.15, 0.2) is 0 Å². The van der Waals surface area contributed by atoms with Crippen molar-refractivity contribution in [1.82, 2.24) is 5.43 Å². The predicted molar refractivity (Wildman–Crippen MR) is 62.8 cm³/mol. The van der Waals surface area contributed by atoms with Gasteiger partial charge in [-0.3, -0.25) is 10.2 Å². The fraction of sp³-hybridized carbons (Fsp3) is 0.417. The van der Waals surface area contributed by atoms with E-state index in [4.69, 9.17) is 10.6 Å². The molecule has 0 saturated carbocycles. The number of rotatable bonds is 4. The maximum atomic E-state index is 11.4. The SMILES string of the molecule is Cc1ccc(OCC(C)(C)C(=O)NN)cc1. The Balaban J connectivity index is 2.57. The second-order valence-corrected chi connectivity index (χ2v) is 4.46. The summed E-state index contributed by atoms with van der Waals surface area (Å²) in [6, 6.07) is 7.69. The molecule has 0 fully saturated rings. The van der Waals surface area contributed by atoms with Crippen molar-refractivity contribution in [2.45, 2.75) is 20.8 Å². The van der Waals surface area contributed by atoms with Crippen molar-refractivity contribution in [3.8, 4) is 5.75 Å². The van der Waals surface area contributed by atoms with Gasteiger partial charge in [0.2, 0.25) is 5.91 Å². The van der Waals surface area contributed by atoms with E-state index in [2.05, 4.69) is 5.43 Å². The van der Waals surface area contributed by atoms with Crippen molar-refractivity contribution >= 4 is 5.91 Å². The molecule has 0 radical (unpaired) electrons. The van der Waals surface area contributed by atoms with Crippen LogP contribution in [-0.2, 0) is 4.79 Å². The van der Waals surface area contributed by atoms with E-state index in [0.29, 0.717) is 6.61 Å². The van der Waals surface area contributed by atoms with E-state index in [1.54, 1.807) is 13.8 Å². The van der Waals surface area contributed by atoms with E-state index in [1.807, 2.05) is 31.2 Å². The van der Waals surface area contributed by atoms with Gasteiger partial charge in [0.05, 0.1) is 5.41 Å². The lowest BCUT2D eigenvalue weighted by Gasteiger charge is -2.22. The molecule has 88 valence electrons. The number of benzene rings is 1. The van der Waals surface area contributed by atoms with E-state index in [1.165, 1.54) is 5.56 Å². The zero-order valence-electron chi connectivity index (χ0n) is 9.91. The highest BCUT2D eigenvalue weighted by atomic mass is 16.5. The first kappa shape index (κ1) is 12.5. The summed E-state index contributed by atoms with van der Waals surface area (Å²) >= 11 is 0. The first-order valence-electron chi connectivity index (χ1n) is 5.16. The fourth-order valence-electron chi connectivity index (χ4n) is 1.16. The Kier molecular flexibility index (Phi) is 3.90. The number of carbonyl (C=O) groups excluding carboxylic acids is 1. The number of hydrogen-bond acceptors (Lipinski definition) is 3. The molecule has 3 N–H and O–H groups in total. The van der Waals surface area contributed by atoms with E-state index in [0.717, 1.165) is 5.75 Å². The van der Waals surface area contributed by atoms with Crippen molar-refractivity contribution in [2.24, 2.45) is 11.3 Å². The van der Waals surface area contributed by atoms with Crippen LogP contribution < -0.4 is 16.0 Å². The summed E-state index contributed by atoms with van der Waals surface area (Å²) in [7, 11) is 0. The lowest BCUT2D eigenvalue weighted by atomic mass is 9.94. The zero-order valence-corrected chi connectivity index (χ0v) is 9.91. The number of carbonyl (C=O) groups is 1. The highest BCUT2D eigenvalue weighted by Gasteiger charge is 2.27. The molecule has 4 nitrogen and oxygen atoms in total. The van der Waals surface area contributed by atoms with Crippen LogP contribution in [0.5, 0.6) is 5.75 Å². The molecular weight excluding hydrogens is 204 g/mol. The molecule has 0 unspecified atom stereocenters. The molecule has 0 bridgehead atoms. The molecule has 0 aromatic heterocycles. The number of hydrazine groups is 1. The topological polar surface area (TPSA) is 64.3 Å². The van der Waals surface area contributed by atoms with Crippen LogP contribution in [0.2, 0.25) is 0 Å². The molecule has 0 aliphatic rings. The van der Waals surface area contributed by atoms with Gasteiger partial charge in [-0.25, -0.2) is 5.84 Å². The molecule has 4 heteroatoms. The third-order valence-corrected chi connectivity index (χ3v) is 2.37. The van der Waals surface area contributed by atoms with Gasteiger partial charge in [0.25, 0.3) is 0 Å². The molecule has 0 aliphatic heterocycles. The average Bonchev–Trinajstić information content (AvgIpc) is 2.27. The molecule has 0 atom stereocenters. The van der Waals surface area contributed by atoms with Gasteiger partial charge in [0.1, 0.15) is 12.4 Å². The average molecular weight is 222 g/mol. The van der Waals surface area contributed by atoms with Crippen LogP contribution in [0.25, 0.3) is 0 Å². The summed E-state index contributed by atoms with van der Waals surface area (Å²) in [6.45, 7) is 5.86. The molecule has 16 heavy (non-hydrogen) atoms. The van der Waals surface area contributed by atoms with Gasteiger partial charge in [-0.1, -0.05) is 17.7 Å². The number of nitrogens with one attached hydrogen (secondary N) is 1. The van der Waals surface area contributed by atoms with Crippen molar-refractivity contribution in [1.29, 1.82) is 0 Å². The number of amides is 1. The van der Waals surface area contributed by atoms with Crippen LogP contribution in [0.4, 0.5) is 0 Å². The van der Waals surface area contributed by atoms with Crippen molar-refractivity contribution in [3.63, 3.8) is 0 Å². The Bertz CT molecular complexity index is 358. The highest BCUT2D eigenvalue weighted by molar-refractivity contribution is 5.81. The predicted octanol–water partition coefficient (Wildman–Crippen LogP) is 1.39. The van der Waals surface area contributed by atoms with Crippen molar-refractivity contribution in [3.05, 3.63) is 29.8 Å². The minimum atomic E-state index is -0.639. The first-order valence-corrected chi connectivity index (χ1v) is 5.16. The van der Waals surface area contributed by atoms with Gasteiger partial charge in [-0.2, -0.15) is 0 Å². The Labute approximate surface area is 95.8 Å². The van der Waals surface area contributed by atoms with E-state index in [9.17, 15) is 4.79 Å². The van der Waals surface area contributed by atoms with E-state index >= 15 is 0 Å². The van der Waals surface area contributed by atoms with Crippen LogP contribution >= 0.6 is 0 Å². The molecule has 1 aromatic rings. The summed E-state index contributed by atoms with van der Waals surface area (Å²) in [5.41, 5.74) is 2.66. The first-order chi connectivity index (χ1) is 7.45. The smallest absolute Gasteiger partial charge is 0.242 e. The highest BCUT2D eigenvalue weighted by Crippen LogP contribution is 2.18. The third kappa shape index (κ3) is 3.24. The van der Waals surface area contributed by atoms with Crippen LogP contribution in [0.15, 0.2) is 24.3 Å². The minimum Gasteiger partial charge on any atom is -0.492 e. The summed E-state index contributed by atoms with van der Waals surface area (Å²) in [5.74, 6) is 5.61. The molecule has 1 aromatic carbocycles. The summed E-state index contributed by atoms with van der Waals surface area (Å²) in [6.07, 6.45) is 0. The van der Waals surface area contributed by atoms with Crippen LogP contribution in [0, 0.1) is 12.3 Å². The normalized spacial score (nSPS) is 11.0. The molecule has 1 rings (SSSR count). The van der Waals surface area contributed by atoms with Crippen molar-refractivity contribution < 1.29 is 9.53 Å². The molecule has 0 saturated heterocycles. The number of ether oxygens (including phenoxy) is 1. The maximum absolute atomic E-state index is 11.4. The molecule has 1 amide bonds. The van der Waals surface area contributed by atoms with Gasteiger partial charge in [-0.15, -0.1) is 0 Å². The quantitative estimate of drug-likeness (QED) is 0.459. The summed E-state index contributed by atoms with van der Waals surface area (Å²) in [4.78, 5) is 11.4. The minimum absolute atomic E-state index is 0.236. The van der Waals surface area contributed by atoms with Gasteiger partial charge >= 0.3 is 0 Å². The van der Waals surface area contributed by atoms with Crippen LogP contribution in [-0.4, -0.2) is 12.5 Å². The Hall–Kier alpha value is -1.55.